The molecular weight excluding hydrogens is 322 g/mol. The molecule has 1 aliphatic rings. The Morgan fingerprint density at radius 3 is 2.83 bits per heavy atom. The summed E-state index contributed by atoms with van der Waals surface area (Å²) in [4.78, 5) is 22.5. The summed E-state index contributed by atoms with van der Waals surface area (Å²) in [7, 11) is -3.73. The second-order valence-corrected chi connectivity index (χ2v) is 7.05. The van der Waals surface area contributed by atoms with Crippen LogP contribution in [0.25, 0.3) is 0 Å². The van der Waals surface area contributed by atoms with Gasteiger partial charge in [-0.2, -0.15) is 8.42 Å². The van der Waals surface area contributed by atoms with Crippen molar-refractivity contribution in [3.63, 3.8) is 0 Å². The van der Waals surface area contributed by atoms with Gasteiger partial charge in [-0.3, -0.25) is 8.98 Å². The number of fused-ring (bicyclic) bond motifs is 1. The van der Waals surface area contributed by atoms with E-state index in [1.807, 2.05) is 0 Å². The average molecular weight is 341 g/mol. The predicted molar refractivity (Wildman–Crippen MR) is 82.1 cm³/mol. The Labute approximate surface area is 135 Å². The van der Waals surface area contributed by atoms with Crippen molar-refractivity contribution in [3.8, 4) is 0 Å². The number of ether oxygens (including phenoxy) is 1. The van der Waals surface area contributed by atoms with Gasteiger partial charge in [-0.05, 0) is 18.9 Å². The Kier molecular flexibility index (Phi) is 5.38. The van der Waals surface area contributed by atoms with Crippen LogP contribution in [-0.2, 0) is 30.4 Å². The van der Waals surface area contributed by atoms with Gasteiger partial charge in [0.15, 0.2) is 0 Å². The number of nitrogens with one attached hydrogen (secondary N) is 1. The molecule has 1 aromatic rings. The largest absolute Gasteiger partial charge is 0.454 e. The molecule has 1 aliphatic heterocycles. The number of cyclic esters (lactones) is 1. The van der Waals surface area contributed by atoms with Crippen LogP contribution >= 0.6 is 0 Å². The molecule has 1 unspecified atom stereocenters. The summed E-state index contributed by atoms with van der Waals surface area (Å²) in [5, 5.41) is 2.52. The maximum absolute atomic E-state index is 11.8. The monoisotopic (exact) mass is 341 g/mol. The SMILES string of the molecule is CC(=O)NCCCS(=O)(=O)OCc1cccc2c1C(=O)OC2C. The van der Waals surface area contributed by atoms with Crippen LogP contribution < -0.4 is 5.32 Å². The molecule has 23 heavy (non-hydrogen) atoms. The molecule has 126 valence electrons. The van der Waals surface area contributed by atoms with Crippen molar-refractivity contribution in [1.29, 1.82) is 0 Å². The fourth-order valence-electron chi connectivity index (χ4n) is 2.34. The first-order chi connectivity index (χ1) is 10.8. The number of hydrogen-bond donors (Lipinski definition) is 1. The zero-order chi connectivity index (χ0) is 17.0. The first-order valence-corrected chi connectivity index (χ1v) is 8.82. The molecule has 1 aromatic carbocycles. The van der Waals surface area contributed by atoms with Crippen molar-refractivity contribution in [1.82, 2.24) is 5.32 Å². The van der Waals surface area contributed by atoms with Crippen LogP contribution in [0.15, 0.2) is 18.2 Å². The highest BCUT2D eigenvalue weighted by Crippen LogP contribution is 2.32. The molecule has 7 nitrogen and oxygen atoms in total. The van der Waals surface area contributed by atoms with E-state index in [2.05, 4.69) is 5.32 Å². The molecule has 0 bridgehead atoms. The van der Waals surface area contributed by atoms with Gasteiger partial charge < -0.3 is 10.1 Å². The van der Waals surface area contributed by atoms with Gasteiger partial charge in [-0.25, -0.2) is 4.79 Å². The number of carbonyl (C=O) groups excluding carboxylic acids is 2. The maximum atomic E-state index is 11.8. The highest BCUT2D eigenvalue weighted by Gasteiger charge is 2.30. The zero-order valence-electron chi connectivity index (χ0n) is 13.0. The third kappa shape index (κ3) is 4.52. The minimum Gasteiger partial charge on any atom is -0.454 e. The number of rotatable bonds is 7. The Morgan fingerprint density at radius 1 is 1.39 bits per heavy atom. The van der Waals surface area contributed by atoms with E-state index in [0.717, 1.165) is 5.56 Å². The highest BCUT2D eigenvalue weighted by atomic mass is 32.2. The molecule has 0 aliphatic carbocycles. The Bertz CT molecular complexity index is 713. The molecule has 1 N–H and O–H groups in total. The van der Waals surface area contributed by atoms with Crippen LogP contribution in [0, 0.1) is 0 Å². The number of carbonyl (C=O) groups is 2. The third-order valence-corrected chi connectivity index (χ3v) is 4.71. The lowest BCUT2D eigenvalue weighted by Crippen LogP contribution is -2.23. The second kappa shape index (κ2) is 7.10. The Balaban J connectivity index is 1.96. The van der Waals surface area contributed by atoms with Gasteiger partial charge >= 0.3 is 5.97 Å². The highest BCUT2D eigenvalue weighted by molar-refractivity contribution is 7.86. The van der Waals surface area contributed by atoms with Gasteiger partial charge in [0.05, 0.1) is 17.9 Å². The molecule has 1 amide bonds. The van der Waals surface area contributed by atoms with Crippen LogP contribution in [0.5, 0.6) is 0 Å². The van der Waals surface area contributed by atoms with E-state index in [1.54, 1.807) is 25.1 Å². The first kappa shape index (κ1) is 17.4. The van der Waals surface area contributed by atoms with E-state index in [4.69, 9.17) is 8.92 Å². The zero-order valence-corrected chi connectivity index (χ0v) is 13.8. The van der Waals surface area contributed by atoms with Gasteiger partial charge in [0.2, 0.25) is 5.91 Å². The normalized spacial score (nSPS) is 16.8. The molecule has 0 radical (unpaired) electrons. The molecule has 0 fully saturated rings. The Hall–Kier alpha value is -1.93. The third-order valence-electron chi connectivity index (χ3n) is 3.45. The fourth-order valence-corrected chi connectivity index (χ4v) is 3.26. The van der Waals surface area contributed by atoms with Crippen molar-refractivity contribution < 1.29 is 26.9 Å². The summed E-state index contributed by atoms with van der Waals surface area (Å²) in [6.07, 6.45) is -0.0832. The standard InChI is InChI=1S/C15H19NO6S/c1-10-13-6-3-5-12(14(13)15(18)22-10)9-21-23(19,20)8-4-7-16-11(2)17/h3,5-6,10H,4,7-9H2,1-2H3,(H,16,17). The van der Waals surface area contributed by atoms with E-state index < -0.39 is 16.1 Å². The molecule has 8 heteroatoms. The summed E-state index contributed by atoms with van der Waals surface area (Å²) in [5.74, 6) is -0.881. The molecule has 2 rings (SSSR count). The molecule has 1 atom stereocenters. The number of hydrogen-bond acceptors (Lipinski definition) is 6. The molecule has 0 aromatic heterocycles. The second-order valence-electron chi connectivity index (χ2n) is 5.29. The van der Waals surface area contributed by atoms with Crippen LogP contribution in [0.3, 0.4) is 0 Å². The van der Waals surface area contributed by atoms with Gasteiger partial charge in [-0.1, -0.05) is 18.2 Å². The Morgan fingerprint density at radius 2 is 2.13 bits per heavy atom. The molecule has 0 saturated heterocycles. The lowest BCUT2D eigenvalue weighted by atomic mass is 10.0. The molecule has 0 spiro atoms. The topological polar surface area (TPSA) is 98.8 Å². The number of benzene rings is 1. The smallest absolute Gasteiger partial charge is 0.339 e. The van der Waals surface area contributed by atoms with Crippen LogP contribution in [-0.4, -0.2) is 32.6 Å². The van der Waals surface area contributed by atoms with Gasteiger partial charge in [-0.15, -0.1) is 0 Å². The summed E-state index contributed by atoms with van der Waals surface area (Å²) >= 11 is 0. The van der Waals surface area contributed by atoms with E-state index in [9.17, 15) is 18.0 Å². The van der Waals surface area contributed by atoms with Crippen molar-refractivity contribution in [3.05, 3.63) is 34.9 Å². The van der Waals surface area contributed by atoms with E-state index >= 15 is 0 Å². The van der Waals surface area contributed by atoms with Crippen LogP contribution in [0.4, 0.5) is 0 Å². The summed E-state index contributed by atoms with van der Waals surface area (Å²) in [6.45, 7) is 3.17. The minimum atomic E-state index is -3.73. The quantitative estimate of drug-likeness (QED) is 0.456. The minimum absolute atomic E-state index is 0.205. The van der Waals surface area contributed by atoms with Crippen molar-refractivity contribution >= 4 is 22.0 Å². The fraction of sp³-hybridized carbons (Fsp3) is 0.467. The summed E-state index contributed by atoms with van der Waals surface area (Å²) < 4.78 is 33.8. The molecular formula is C15H19NO6S. The van der Waals surface area contributed by atoms with Crippen molar-refractivity contribution in [2.45, 2.75) is 33.0 Å². The number of amides is 1. The molecule has 0 saturated carbocycles. The van der Waals surface area contributed by atoms with Crippen molar-refractivity contribution in [2.75, 3.05) is 12.3 Å². The predicted octanol–water partition coefficient (Wildman–Crippen LogP) is 1.29. The first-order valence-electron chi connectivity index (χ1n) is 7.24. The van der Waals surface area contributed by atoms with E-state index in [1.165, 1.54) is 6.92 Å². The summed E-state index contributed by atoms with van der Waals surface area (Å²) in [5.41, 5.74) is 1.61. The van der Waals surface area contributed by atoms with E-state index in [-0.39, 0.29) is 37.3 Å². The van der Waals surface area contributed by atoms with Gasteiger partial charge in [0, 0.05) is 19.0 Å². The van der Waals surface area contributed by atoms with E-state index in [0.29, 0.717) is 11.1 Å². The van der Waals surface area contributed by atoms with Gasteiger partial charge in [0.25, 0.3) is 10.1 Å². The van der Waals surface area contributed by atoms with Gasteiger partial charge in [0.1, 0.15) is 6.10 Å². The summed E-state index contributed by atoms with van der Waals surface area (Å²) in [6, 6.07) is 5.15. The van der Waals surface area contributed by atoms with Crippen molar-refractivity contribution in [2.24, 2.45) is 0 Å². The van der Waals surface area contributed by atoms with Crippen LogP contribution in [0.1, 0.15) is 47.9 Å². The lowest BCUT2D eigenvalue weighted by Gasteiger charge is -2.08. The van der Waals surface area contributed by atoms with Crippen LogP contribution in [0.2, 0.25) is 0 Å². The lowest BCUT2D eigenvalue weighted by molar-refractivity contribution is -0.118. The number of esters is 1. The average Bonchev–Trinajstić information content (AvgIpc) is 2.77. The molecule has 1 heterocycles. The maximum Gasteiger partial charge on any atom is 0.339 e.